The molecule has 3 heterocycles. The maximum atomic E-state index is 13.3. The number of carbonyl (C=O) groups is 4. The van der Waals surface area contributed by atoms with E-state index < -0.39 is 35.8 Å². The molecule has 13 heteroatoms. The second kappa shape index (κ2) is 14.0. The van der Waals surface area contributed by atoms with Crippen LogP contribution in [0.2, 0.25) is 0 Å². The molecule has 0 saturated heterocycles. The van der Waals surface area contributed by atoms with Crippen molar-refractivity contribution in [3.63, 3.8) is 0 Å². The number of nitrogens with zero attached hydrogens (tertiary/aromatic N) is 3. The van der Waals surface area contributed by atoms with Crippen molar-refractivity contribution < 1.29 is 29.0 Å². The Balaban J connectivity index is 1.56. The molecule has 2 aliphatic rings. The SMILES string of the molecule is Cc1nc(C)n(CCCNC(=O)[C@@H]2Cc3ccc(cc3)Oc3ccc(O)c(c3)C(=O)N[C@@H](C(C)C)C(=O)N[C@@H](C)C(=O)N2)n1. The van der Waals surface area contributed by atoms with Gasteiger partial charge in [-0.25, -0.2) is 4.98 Å². The maximum Gasteiger partial charge on any atom is 0.255 e. The number of nitrogens with one attached hydrogen (secondary N) is 4. The lowest BCUT2D eigenvalue weighted by Crippen LogP contribution is -2.57. The molecule has 5 N–H and O–H groups in total. The van der Waals surface area contributed by atoms with E-state index in [0.29, 0.717) is 36.8 Å². The molecule has 4 bridgehead atoms. The van der Waals surface area contributed by atoms with Gasteiger partial charge in [-0.15, -0.1) is 0 Å². The molecule has 2 aliphatic heterocycles. The van der Waals surface area contributed by atoms with E-state index in [1.165, 1.54) is 25.1 Å². The number of amides is 4. The van der Waals surface area contributed by atoms with Gasteiger partial charge in [-0.05, 0) is 69.0 Å². The normalized spacial score (nSPS) is 19.3. The number of benzene rings is 2. The molecule has 234 valence electrons. The molecule has 0 unspecified atom stereocenters. The Morgan fingerprint density at radius 3 is 2.41 bits per heavy atom. The van der Waals surface area contributed by atoms with Crippen molar-refractivity contribution >= 4 is 23.6 Å². The van der Waals surface area contributed by atoms with Gasteiger partial charge in [0.15, 0.2) is 0 Å². The number of hydrogen-bond acceptors (Lipinski definition) is 8. The Hall–Kier alpha value is -4.94. The number of aromatic hydroxyl groups is 1. The highest BCUT2D eigenvalue weighted by molar-refractivity contribution is 6.00. The van der Waals surface area contributed by atoms with Crippen molar-refractivity contribution in [2.45, 2.75) is 72.1 Å². The fourth-order valence-corrected chi connectivity index (χ4v) is 4.79. The zero-order valence-corrected chi connectivity index (χ0v) is 25.5. The third kappa shape index (κ3) is 8.12. The van der Waals surface area contributed by atoms with Gasteiger partial charge < -0.3 is 31.1 Å². The van der Waals surface area contributed by atoms with E-state index >= 15 is 0 Å². The van der Waals surface area contributed by atoms with E-state index in [2.05, 4.69) is 31.3 Å². The van der Waals surface area contributed by atoms with Crippen LogP contribution in [0.25, 0.3) is 0 Å². The molecule has 1 aromatic heterocycles. The number of rotatable bonds is 6. The first kappa shape index (κ1) is 32.0. The molecular weight excluding hydrogens is 566 g/mol. The third-order valence-corrected chi connectivity index (χ3v) is 7.24. The number of phenols is 1. The molecule has 3 aromatic rings. The Morgan fingerprint density at radius 2 is 1.75 bits per heavy atom. The second-order valence-electron chi connectivity index (χ2n) is 11.2. The molecule has 0 spiro atoms. The first-order chi connectivity index (χ1) is 20.9. The van der Waals surface area contributed by atoms with E-state index in [-0.39, 0.29) is 29.6 Å². The van der Waals surface area contributed by atoms with Crippen LogP contribution in [-0.4, -0.2) is 68.2 Å². The number of aromatic nitrogens is 3. The van der Waals surface area contributed by atoms with Gasteiger partial charge in [0.1, 0.15) is 47.0 Å². The van der Waals surface area contributed by atoms with Crippen molar-refractivity contribution in [2.75, 3.05) is 6.54 Å². The van der Waals surface area contributed by atoms with Crippen molar-refractivity contribution in [3.8, 4) is 17.2 Å². The van der Waals surface area contributed by atoms with Crippen LogP contribution in [0.15, 0.2) is 42.5 Å². The Kier molecular flexibility index (Phi) is 10.2. The van der Waals surface area contributed by atoms with Crippen LogP contribution >= 0.6 is 0 Å². The van der Waals surface area contributed by atoms with Gasteiger partial charge in [-0.1, -0.05) is 26.0 Å². The molecule has 5 rings (SSSR count). The largest absolute Gasteiger partial charge is 0.507 e. The monoisotopic (exact) mass is 605 g/mol. The number of carbonyl (C=O) groups excluding carboxylic acids is 4. The lowest BCUT2D eigenvalue weighted by Gasteiger charge is -2.25. The van der Waals surface area contributed by atoms with E-state index in [1.807, 2.05) is 13.8 Å². The average Bonchev–Trinajstić information content (AvgIpc) is 3.30. The Bertz CT molecular complexity index is 1520. The van der Waals surface area contributed by atoms with Crippen LogP contribution < -0.4 is 26.0 Å². The first-order valence-corrected chi connectivity index (χ1v) is 14.6. The average molecular weight is 606 g/mol. The summed E-state index contributed by atoms with van der Waals surface area (Å²) in [5.41, 5.74) is 0.694. The molecular formula is C31H39N7O6. The predicted octanol–water partition coefficient (Wildman–Crippen LogP) is 1.90. The number of aryl methyl sites for hydroxylation is 3. The summed E-state index contributed by atoms with van der Waals surface area (Å²) in [6.07, 6.45) is 0.795. The highest BCUT2D eigenvalue weighted by atomic mass is 16.5. The molecule has 0 aliphatic carbocycles. The van der Waals surface area contributed by atoms with Gasteiger partial charge in [0.05, 0.1) is 5.56 Å². The molecule has 0 radical (unpaired) electrons. The highest BCUT2D eigenvalue weighted by Crippen LogP contribution is 2.28. The minimum Gasteiger partial charge on any atom is -0.507 e. The first-order valence-electron chi connectivity index (χ1n) is 14.6. The Labute approximate surface area is 255 Å². The van der Waals surface area contributed by atoms with Crippen molar-refractivity contribution in [1.82, 2.24) is 36.0 Å². The van der Waals surface area contributed by atoms with Gasteiger partial charge in [0.25, 0.3) is 5.91 Å². The highest BCUT2D eigenvalue weighted by Gasteiger charge is 2.30. The summed E-state index contributed by atoms with van der Waals surface area (Å²) in [5, 5.41) is 25.6. The third-order valence-electron chi connectivity index (χ3n) is 7.24. The standard InChI is InChI=1S/C31H39N7O6/c1-17(2)27-31(43)33-18(3)28(40)35-25(30(42)32-13-6-14-38-20(5)34-19(4)37-38)15-21-7-9-22(10-8-21)44-23-11-12-26(39)24(16-23)29(41)36-27/h7-12,16-18,25,27,39H,6,13-15H2,1-5H3,(H,32,42)(H,33,43)(H,35,40)(H,36,41)/t18-,25-,27-/m0/s1. The number of fused-ring (bicyclic) bond motifs is 11. The fourth-order valence-electron chi connectivity index (χ4n) is 4.79. The summed E-state index contributed by atoms with van der Waals surface area (Å²) in [5.74, 6) is -0.580. The maximum absolute atomic E-state index is 13.3. The van der Waals surface area contributed by atoms with Gasteiger partial charge in [0.2, 0.25) is 17.7 Å². The minimum atomic E-state index is -1.01. The number of ether oxygens (including phenoxy) is 1. The summed E-state index contributed by atoms with van der Waals surface area (Å²) < 4.78 is 7.68. The van der Waals surface area contributed by atoms with Gasteiger partial charge in [-0.3, -0.25) is 23.9 Å². The fraction of sp³-hybridized carbons (Fsp3) is 0.419. The van der Waals surface area contributed by atoms with Crippen LogP contribution in [0, 0.1) is 19.8 Å². The smallest absolute Gasteiger partial charge is 0.255 e. The molecule has 0 saturated carbocycles. The van der Waals surface area contributed by atoms with Crippen LogP contribution in [0.3, 0.4) is 0 Å². The molecule has 0 fully saturated rings. The summed E-state index contributed by atoms with van der Waals surface area (Å²) in [6, 6.07) is 8.26. The summed E-state index contributed by atoms with van der Waals surface area (Å²) in [4.78, 5) is 57.1. The van der Waals surface area contributed by atoms with Crippen LogP contribution in [0.4, 0.5) is 0 Å². The second-order valence-corrected chi connectivity index (χ2v) is 11.2. The predicted molar refractivity (Wildman–Crippen MR) is 161 cm³/mol. The molecule has 13 nitrogen and oxygen atoms in total. The van der Waals surface area contributed by atoms with Gasteiger partial charge in [-0.2, -0.15) is 5.10 Å². The zero-order valence-electron chi connectivity index (χ0n) is 25.5. The summed E-state index contributed by atoms with van der Waals surface area (Å²) in [7, 11) is 0. The van der Waals surface area contributed by atoms with Crippen LogP contribution in [0.1, 0.15) is 54.8 Å². The summed E-state index contributed by atoms with van der Waals surface area (Å²) >= 11 is 0. The zero-order chi connectivity index (χ0) is 32.0. The van der Waals surface area contributed by atoms with Crippen LogP contribution in [0.5, 0.6) is 17.2 Å². The lowest BCUT2D eigenvalue weighted by molar-refractivity contribution is -0.132. The number of hydrogen-bond donors (Lipinski definition) is 5. The van der Waals surface area contributed by atoms with Crippen molar-refractivity contribution in [2.24, 2.45) is 5.92 Å². The van der Waals surface area contributed by atoms with Gasteiger partial charge in [0, 0.05) is 19.5 Å². The number of phenolic OH excluding ortho intramolecular Hbond substituents is 1. The van der Waals surface area contributed by atoms with E-state index in [9.17, 15) is 24.3 Å². The lowest BCUT2D eigenvalue weighted by atomic mass is 10.0. The Morgan fingerprint density at radius 1 is 1.05 bits per heavy atom. The quantitative estimate of drug-likeness (QED) is 0.209. The topological polar surface area (TPSA) is 177 Å². The molecule has 3 atom stereocenters. The molecule has 44 heavy (non-hydrogen) atoms. The molecule has 2 aromatic carbocycles. The molecule has 4 amide bonds. The van der Waals surface area contributed by atoms with Gasteiger partial charge >= 0.3 is 0 Å². The van der Waals surface area contributed by atoms with Crippen LogP contribution in [-0.2, 0) is 27.3 Å². The van der Waals surface area contributed by atoms with E-state index in [0.717, 1.165) is 11.4 Å². The van der Waals surface area contributed by atoms with E-state index in [1.54, 1.807) is 42.8 Å². The summed E-state index contributed by atoms with van der Waals surface area (Å²) in [6.45, 7) is 9.61. The minimum absolute atomic E-state index is 0.0649. The van der Waals surface area contributed by atoms with E-state index in [4.69, 9.17) is 4.74 Å². The van der Waals surface area contributed by atoms with Crippen molar-refractivity contribution in [3.05, 3.63) is 65.2 Å². The van der Waals surface area contributed by atoms with Crippen molar-refractivity contribution in [1.29, 1.82) is 0 Å².